The summed E-state index contributed by atoms with van der Waals surface area (Å²) in [5.41, 5.74) is 0.611. The zero-order chi connectivity index (χ0) is 24.0. The zero-order valence-electron chi connectivity index (χ0n) is 19.6. The lowest BCUT2D eigenvalue weighted by molar-refractivity contribution is -0.129. The zero-order valence-corrected chi connectivity index (χ0v) is 19.6. The Labute approximate surface area is 193 Å². The number of Topliss-reactive ketones (excluding diaryl/α,β-unsaturated/α-hetero) is 1. The van der Waals surface area contributed by atoms with Gasteiger partial charge in [0.15, 0.2) is 23.0 Å². The van der Waals surface area contributed by atoms with E-state index in [4.69, 9.17) is 18.6 Å². The van der Waals surface area contributed by atoms with Gasteiger partial charge in [-0.15, -0.1) is 0 Å². The Morgan fingerprint density at radius 2 is 1.91 bits per heavy atom. The summed E-state index contributed by atoms with van der Waals surface area (Å²) in [5, 5.41) is 10.7. The van der Waals surface area contributed by atoms with E-state index in [2.05, 4.69) is 0 Å². The van der Waals surface area contributed by atoms with E-state index in [-0.39, 0.29) is 11.3 Å². The van der Waals surface area contributed by atoms with Gasteiger partial charge in [0.05, 0.1) is 24.8 Å². The third kappa shape index (κ3) is 5.22. The Morgan fingerprint density at radius 3 is 2.55 bits per heavy atom. The fourth-order valence-corrected chi connectivity index (χ4v) is 3.83. The van der Waals surface area contributed by atoms with Gasteiger partial charge >= 0.3 is 0 Å². The number of benzene rings is 1. The summed E-state index contributed by atoms with van der Waals surface area (Å²) < 4.78 is 22.2. The second kappa shape index (κ2) is 11.0. The second-order valence-electron chi connectivity index (χ2n) is 7.74. The largest absolute Gasteiger partial charge is 0.503 e. The van der Waals surface area contributed by atoms with E-state index in [9.17, 15) is 14.7 Å². The molecule has 1 N–H and O–H groups in total. The first-order chi connectivity index (χ1) is 15.9. The van der Waals surface area contributed by atoms with Crippen LogP contribution in [-0.2, 0) is 9.53 Å². The molecule has 178 valence electrons. The molecule has 0 radical (unpaired) electrons. The molecular weight excluding hydrogens is 426 g/mol. The van der Waals surface area contributed by atoms with Gasteiger partial charge in [-0.3, -0.25) is 9.59 Å². The minimum atomic E-state index is -0.799. The fourth-order valence-electron chi connectivity index (χ4n) is 3.83. The van der Waals surface area contributed by atoms with Crippen molar-refractivity contribution >= 4 is 11.7 Å². The summed E-state index contributed by atoms with van der Waals surface area (Å²) in [6.45, 7) is 7.30. The molecule has 2 aromatic rings. The van der Waals surface area contributed by atoms with Gasteiger partial charge in [0.2, 0.25) is 5.78 Å². The van der Waals surface area contributed by atoms with Crippen LogP contribution in [0.4, 0.5) is 0 Å². The molecular formula is C25H31NO7. The molecule has 1 aliphatic rings. The molecule has 0 saturated heterocycles. The maximum absolute atomic E-state index is 13.3. The van der Waals surface area contributed by atoms with Gasteiger partial charge in [0.1, 0.15) is 5.76 Å². The van der Waals surface area contributed by atoms with Crippen LogP contribution in [0, 0.1) is 6.92 Å². The van der Waals surface area contributed by atoms with Gasteiger partial charge < -0.3 is 28.6 Å². The van der Waals surface area contributed by atoms with Crippen molar-refractivity contribution in [1.82, 2.24) is 4.90 Å². The highest BCUT2D eigenvalue weighted by molar-refractivity contribution is 6.15. The molecule has 0 spiro atoms. The van der Waals surface area contributed by atoms with Crippen molar-refractivity contribution in [2.24, 2.45) is 0 Å². The Balaban J connectivity index is 2.06. The van der Waals surface area contributed by atoms with Crippen molar-refractivity contribution in [2.75, 3.05) is 33.5 Å². The number of ether oxygens (including phenoxy) is 3. The van der Waals surface area contributed by atoms with E-state index in [0.29, 0.717) is 55.6 Å². The first-order valence-electron chi connectivity index (χ1n) is 11.2. The minimum absolute atomic E-state index is 0.0172. The summed E-state index contributed by atoms with van der Waals surface area (Å²) in [6, 6.07) is 7.72. The smallest absolute Gasteiger partial charge is 0.290 e. The lowest BCUT2D eigenvalue weighted by Crippen LogP contribution is -2.32. The molecule has 33 heavy (non-hydrogen) atoms. The predicted molar refractivity (Wildman–Crippen MR) is 122 cm³/mol. The molecule has 0 saturated carbocycles. The number of aliphatic hydroxyl groups excluding tert-OH is 1. The molecule has 1 unspecified atom stereocenters. The number of ketones is 1. The van der Waals surface area contributed by atoms with Gasteiger partial charge in [-0.1, -0.05) is 13.0 Å². The third-order valence-electron chi connectivity index (χ3n) is 5.30. The van der Waals surface area contributed by atoms with Crippen LogP contribution in [0.3, 0.4) is 0 Å². The van der Waals surface area contributed by atoms with Gasteiger partial charge in [-0.25, -0.2) is 0 Å². The highest BCUT2D eigenvalue weighted by Crippen LogP contribution is 2.42. The van der Waals surface area contributed by atoms with Crippen molar-refractivity contribution in [1.29, 1.82) is 0 Å². The number of rotatable bonds is 12. The van der Waals surface area contributed by atoms with Crippen LogP contribution in [0.5, 0.6) is 11.5 Å². The number of aliphatic hydroxyl groups is 1. The molecule has 1 aromatic carbocycles. The van der Waals surface area contributed by atoms with Crippen LogP contribution in [0.1, 0.15) is 54.6 Å². The molecule has 0 fully saturated rings. The number of amides is 1. The van der Waals surface area contributed by atoms with E-state index in [1.807, 2.05) is 13.8 Å². The Hall–Kier alpha value is -3.26. The van der Waals surface area contributed by atoms with Crippen LogP contribution >= 0.6 is 0 Å². The van der Waals surface area contributed by atoms with E-state index >= 15 is 0 Å². The molecule has 1 atom stereocenters. The molecule has 8 nitrogen and oxygen atoms in total. The van der Waals surface area contributed by atoms with Crippen molar-refractivity contribution in [3.63, 3.8) is 0 Å². The Bertz CT molecular complexity index is 1020. The van der Waals surface area contributed by atoms with Crippen LogP contribution in [0.15, 0.2) is 46.1 Å². The summed E-state index contributed by atoms with van der Waals surface area (Å²) in [7, 11) is 1.58. The number of carbonyl (C=O) groups is 2. The molecule has 0 bridgehead atoms. The molecule has 1 aliphatic heterocycles. The summed E-state index contributed by atoms with van der Waals surface area (Å²) in [6.07, 6.45) is 1.39. The fraction of sp³-hybridized carbons (Fsp3) is 0.440. The lowest BCUT2D eigenvalue weighted by Gasteiger charge is -2.27. The van der Waals surface area contributed by atoms with E-state index < -0.39 is 23.5 Å². The van der Waals surface area contributed by atoms with E-state index in [1.54, 1.807) is 44.4 Å². The third-order valence-corrected chi connectivity index (χ3v) is 5.30. The number of methoxy groups -OCH3 is 1. The maximum atomic E-state index is 13.3. The number of hydrogen-bond acceptors (Lipinski definition) is 7. The molecule has 1 amide bonds. The van der Waals surface area contributed by atoms with Crippen LogP contribution in [0.2, 0.25) is 0 Å². The molecule has 1 aromatic heterocycles. The topological polar surface area (TPSA) is 98.4 Å². The summed E-state index contributed by atoms with van der Waals surface area (Å²) >= 11 is 0. The highest BCUT2D eigenvalue weighted by Gasteiger charge is 2.44. The summed E-state index contributed by atoms with van der Waals surface area (Å²) in [5.74, 6) is 0.0243. The standard InChI is InChI=1S/C25H31NO7/c1-5-13-32-18-11-9-17(15-20(18)31-6-2)22-21(23(27)19-10-8-16(3)33-19)24(28)25(29)26(22)12-7-14-30-4/h8-11,15,22,28H,5-7,12-14H2,1-4H3. The van der Waals surface area contributed by atoms with Crippen molar-refractivity contribution in [2.45, 2.75) is 39.7 Å². The van der Waals surface area contributed by atoms with Crippen LogP contribution in [-0.4, -0.2) is 55.2 Å². The number of nitrogens with zero attached hydrogens (tertiary/aromatic N) is 1. The molecule has 3 rings (SSSR count). The quantitative estimate of drug-likeness (QED) is 0.373. The first kappa shape index (κ1) is 24.4. The van der Waals surface area contributed by atoms with Crippen molar-refractivity contribution < 1.29 is 33.3 Å². The maximum Gasteiger partial charge on any atom is 0.290 e. The first-order valence-corrected chi connectivity index (χ1v) is 11.2. The van der Waals surface area contributed by atoms with Crippen LogP contribution in [0.25, 0.3) is 0 Å². The highest BCUT2D eigenvalue weighted by atomic mass is 16.5. The average molecular weight is 458 g/mol. The Kier molecular flexibility index (Phi) is 8.16. The van der Waals surface area contributed by atoms with Gasteiger partial charge in [-0.2, -0.15) is 0 Å². The van der Waals surface area contributed by atoms with Gasteiger partial charge in [0, 0.05) is 20.3 Å². The monoisotopic (exact) mass is 457 g/mol. The van der Waals surface area contributed by atoms with Gasteiger partial charge in [0.25, 0.3) is 5.91 Å². The van der Waals surface area contributed by atoms with E-state index in [0.717, 1.165) is 6.42 Å². The van der Waals surface area contributed by atoms with E-state index in [1.165, 1.54) is 4.90 Å². The Morgan fingerprint density at radius 1 is 1.12 bits per heavy atom. The predicted octanol–water partition coefficient (Wildman–Crippen LogP) is 4.39. The van der Waals surface area contributed by atoms with Crippen LogP contribution < -0.4 is 9.47 Å². The number of aryl methyl sites for hydroxylation is 1. The number of furan rings is 1. The number of carbonyl (C=O) groups excluding carboxylic acids is 2. The second-order valence-corrected chi connectivity index (χ2v) is 7.74. The molecule has 8 heteroatoms. The molecule has 0 aliphatic carbocycles. The SMILES string of the molecule is CCCOc1ccc(C2C(C(=O)c3ccc(C)o3)=C(O)C(=O)N2CCCOC)cc1OCC. The molecule has 2 heterocycles. The number of hydrogen-bond donors (Lipinski definition) is 1. The normalized spacial score (nSPS) is 15.9. The minimum Gasteiger partial charge on any atom is -0.503 e. The average Bonchev–Trinajstić information content (AvgIpc) is 3.35. The summed E-state index contributed by atoms with van der Waals surface area (Å²) in [4.78, 5) is 27.8. The van der Waals surface area contributed by atoms with Crippen molar-refractivity contribution in [3.8, 4) is 11.5 Å². The van der Waals surface area contributed by atoms with Crippen molar-refractivity contribution in [3.05, 3.63) is 58.7 Å². The lowest BCUT2D eigenvalue weighted by atomic mass is 9.94. The van der Waals surface area contributed by atoms with Gasteiger partial charge in [-0.05, 0) is 56.5 Å².